The summed E-state index contributed by atoms with van der Waals surface area (Å²) >= 11 is 3.62. The molecule has 1 aromatic carbocycles. The lowest BCUT2D eigenvalue weighted by molar-refractivity contribution is 0.386. The van der Waals surface area contributed by atoms with Gasteiger partial charge in [0.15, 0.2) is 11.8 Å². The number of para-hydroxylation sites is 1. The molecule has 128 valence electrons. The number of halogens is 1. The van der Waals surface area contributed by atoms with Crippen LogP contribution in [0.1, 0.15) is 18.1 Å². The third-order valence-electron chi connectivity index (χ3n) is 3.93. The van der Waals surface area contributed by atoms with Gasteiger partial charge in [-0.1, -0.05) is 17.3 Å². The van der Waals surface area contributed by atoms with E-state index >= 15 is 0 Å². The van der Waals surface area contributed by atoms with Crippen LogP contribution in [-0.2, 0) is 6.54 Å². The monoisotopic (exact) mass is 392 g/mol. The van der Waals surface area contributed by atoms with Crippen LogP contribution in [-0.4, -0.2) is 42.3 Å². The first kappa shape index (κ1) is 16.8. The molecule has 3 rings (SSSR count). The number of hydrogen-bond donors (Lipinski definition) is 2. The second-order valence-electron chi connectivity index (χ2n) is 5.68. The lowest BCUT2D eigenvalue weighted by atomic mass is 10.3. The Morgan fingerprint density at radius 2 is 2.29 bits per heavy atom. The van der Waals surface area contributed by atoms with Crippen LogP contribution in [0, 0.1) is 6.92 Å². The van der Waals surface area contributed by atoms with Gasteiger partial charge in [-0.3, -0.25) is 4.99 Å². The molecule has 1 aromatic heterocycles. The van der Waals surface area contributed by atoms with Gasteiger partial charge < -0.3 is 20.1 Å². The Morgan fingerprint density at radius 1 is 1.46 bits per heavy atom. The highest BCUT2D eigenvalue weighted by molar-refractivity contribution is 9.10. The summed E-state index contributed by atoms with van der Waals surface area (Å²) in [6.45, 7) is 4.21. The minimum Gasteiger partial charge on any atom is -0.368 e. The minimum absolute atomic E-state index is 0.343. The van der Waals surface area contributed by atoms with Crippen molar-refractivity contribution in [1.29, 1.82) is 0 Å². The van der Waals surface area contributed by atoms with Crippen molar-refractivity contribution in [3.05, 3.63) is 40.5 Å². The van der Waals surface area contributed by atoms with Crippen molar-refractivity contribution in [1.82, 2.24) is 20.8 Å². The molecule has 7 nitrogen and oxygen atoms in total. The molecule has 1 fully saturated rings. The lowest BCUT2D eigenvalue weighted by Gasteiger charge is -2.21. The highest BCUT2D eigenvalue weighted by atomic mass is 79.9. The maximum Gasteiger partial charge on any atom is 0.223 e. The van der Waals surface area contributed by atoms with Gasteiger partial charge >= 0.3 is 0 Å². The first-order valence-electron chi connectivity index (χ1n) is 7.91. The van der Waals surface area contributed by atoms with Crippen molar-refractivity contribution in [3.63, 3.8) is 0 Å². The maximum atomic E-state index is 4.97. The van der Waals surface area contributed by atoms with Crippen LogP contribution in [0.5, 0.6) is 0 Å². The van der Waals surface area contributed by atoms with E-state index in [1.54, 1.807) is 14.0 Å². The summed E-state index contributed by atoms with van der Waals surface area (Å²) in [5.74, 6) is 1.93. The Labute approximate surface area is 149 Å². The molecule has 1 aliphatic heterocycles. The van der Waals surface area contributed by atoms with E-state index in [1.807, 2.05) is 6.07 Å². The maximum absolute atomic E-state index is 4.97. The first-order chi connectivity index (χ1) is 11.7. The van der Waals surface area contributed by atoms with Crippen molar-refractivity contribution in [2.45, 2.75) is 25.9 Å². The molecule has 2 N–H and O–H groups in total. The van der Waals surface area contributed by atoms with Gasteiger partial charge in [-0.25, -0.2) is 0 Å². The number of nitrogens with one attached hydrogen (secondary N) is 2. The molecule has 0 spiro atoms. The van der Waals surface area contributed by atoms with E-state index in [-0.39, 0.29) is 0 Å². The predicted molar refractivity (Wildman–Crippen MR) is 97.1 cm³/mol. The van der Waals surface area contributed by atoms with Crippen LogP contribution in [0.25, 0.3) is 0 Å². The highest BCUT2D eigenvalue weighted by Gasteiger charge is 2.24. The zero-order valence-electron chi connectivity index (χ0n) is 13.8. The molecule has 0 amide bonds. The number of guanidine groups is 1. The van der Waals surface area contributed by atoms with Crippen molar-refractivity contribution in [2.24, 2.45) is 4.99 Å². The third-order valence-corrected chi connectivity index (χ3v) is 4.60. The fourth-order valence-electron chi connectivity index (χ4n) is 2.77. The van der Waals surface area contributed by atoms with Gasteiger partial charge in [0, 0.05) is 37.6 Å². The fourth-order valence-corrected chi connectivity index (χ4v) is 3.30. The van der Waals surface area contributed by atoms with Crippen molar-refractivity contribution in [3.8, 4) is 0 Å². The van der Waals surface area contributed by atoms with Gasteiger partial charge in [0.1, 0.15) is 0 Å². The number of aliphatic imine (C=N–C) groups is 1. The summed E-state index contributed by atoms with van der Waals surface area (Å²) in [4.78, 5) is 10.8. The molecule has 24 heavy (non-hydrogen) atoms. The molecule has 0 saturated carbocycles. The number of anilines is 1. The molecule has 1 saturated heterocycles. The summed E-state index contributed by atoms with van der Waals surface area (Å²) in [5.41, 5.74) is 1.23. The normalized spacial score (nSPS) is 18.0. The Hall–Kier alpha value is -2.09. The van der Waals surface area contributed by atoms with E-state index in [1.165, 1.54) is 5.69 Å². The molecular formula is C16H21BrN6O. The third kappa shape index (κ3) is 4.05. The highest BCUT2D eigenvalue weighted by Crippen LogP contribution is 2.28. The molecule has 0 radical (unpaired) electrons. The van der Waals surface area contributed by atoms with E-state index in [0.29, 0.717) is 24.3 Å². The van der Waals surface area contributed by atoms with Crippen LogP contribution >= 0.6 is 15.9 Å². The molecular weight excluding hydrogens is 372 g/mol. The number of aryl methyl sites for hydroxylation is 1. The molecule has 0 aliphatic carbocycles. The van der Waals surface area contributed by atoms with Gasteiger partial charge in [0.05, 0.1) is 12.2 Å². The van der Waals surface area contributed by atoms with Gasteiger partial charge in [-0.2, -0.15) is 4.98 Å². The number of hydrogen-bond acceptors (Lipinski definition) is 5. The molecule has 2 heterocycles. The second-order valence-corrected chi connectivity index (χ2v) is 6.54. The van der Waals surface area contributed by atoms with Gasteiger partial charge in [0.2, 0.25) is 5.89 Å². The summed E-state index contributed by atoms with van der Waals surface area (Å²) in [6.07, 6.45) is 1.06. The van der Waals surface area contributed by atoms with Crippen molar-refractivity contribution < 1.29 is 4.52 Å². The lowest BCUT2D eigenvalue weighted by Crippen LogP contribution is -2.44. The fraction of sp³-hybridized carbons (Fsp3) is 0.438. The van der Waals surface area contributed by atoms with E-state index < -0.39 is 0 Å². The smallest absolute Gasteiger partial charge is 0.223 e. The number of benzene rings is 1. The second kappa shape index (κ2) is 7.65. The van der Waals surface area contributed by atoms with Gasteiger partial charge in [-0.05, 0) is 34.5 Å². The van der Waals surface area contributed by atoms with Crippen LogP contribution in [0.15, 0.2) is 38.3 Å². The van der Waals surface area contributed by atoms with Crippen molar-refractivity contribution >= 4 is 27.6 Å². The summed E-state index contributed by atoms with van der Waals surface area (Å²) in [6, 6.07) is 8.65. The molecule has 1 unspecified atom stereocenters. The number of nitrogens with zero attached hydrogens (tertiary/aromatic N) is 4. The molecule has 2 aromatic rings. The van der Waals surface area contributed by atoms with Crippen LogP contribution in [0.4, 0.5) is 5.69 Å². The quantitative estimate of drug-likeness (QED) is 0.612. The van der Waals surface area contributed by atoms with E-state index in [4.69, 9.17) is 4.52 Å². The number of aromatic nitrogens is 2. The Kier molecular flexibility index (Phi) is 5.34. The van der Waals surface area contributed by atoms with Crippen LogP contribution in [0.3, 0.4) is 0 Å². The first-order valence-corrected chi connectivity index (χ1v) is 8.71. The predicted octanol–water partition coefficient (Wildman–Crippen LogP) is 2.08. The Morgan fingerprint density at radius 3 is 3.00 bits per heavy atom. The minimum atomic E-state index is 0.343. The van der Waals surface area contributed by atoms with Crippen LogP contribution < -0.4 is 15.5 Å². The molecule has 1 aliphatic rings. The standard InChI is InChI=1S/C16H21BrN6O/c1-11-20-15(22-24-11)9-19-16(18-2)21-12-7-8-23(10-12)14-6-4-3-5-13(14)17/h3-6,12H,7-10H2,1-2H3,(H2,18,19,21). The molecule has 0 bridgehead atoms. The van der Waals surface area contributed by atoms with E-state index in [2.05, 4.69) is 64.8 Å². The SMILES string of the molecule is CN=C(NCc1noc(C)n1)NC1CCN(c2ccccc2Br)C1. The average molecular weight is 393 g/mol. The Bertz CT molecular complexity index is 716. The summed E-state index contributed by atoms with van der Waals surface area (Å²) in [7, 11) is 1.76. The van der Waals surface area contributed by atoms with Gasteiger partial charge in [-0.15, -0.1) is 0 Å². The molecule has 1 atom stereocenters. The number of rotatable bonds is 4. The Balaban J connectivity index is 1.53. The topological polar surface area (TPSA) is 78.6 Å². The zero-order chi connectivity index (χ0) is 16.9. The zero-order valence-corrected chi connectivity index (χ0v) is 15.4. The average Bonchev–Trinajstić information content (AvgIpc) is 3.21. The van der Waals surface area contributed by atoms with Crippen LogP contribution in [0.2, 0.25) is 0 Å². The van der Waals surface area contributed by atoms with Gasteiger partial charge in [0.25, 0.3) is 0 Å². The van der Waals surface area contributed by atoms with E-state index in [0.717, 1.165) is 29.9 Å². The van der Waals surface area contributed by atoms with E-state index in [9.17, 15) is 0 Å². The largest absolute Gasteiger partial charge is 0.368 e. The summed E-state index contributed by atoms with van der Waals surface area (Å²) in [5, 5.41) is 10.5. The molecule has 8 heteroatoms. The van der Waals surface area contributed by atoms with Crippen molar-refractivity contribution in [2.75, 3.05) is 25.0 Å². The summed E-state index contributed by atoms with van der Waals surface area (Å²) < 4.78 is 6.09.